The highest BCUT2D eigenvalue weighted by atomic mass is 19.1. The number of hydrogen-bond donors (Lipinski definition) is 2. The van der Waals surface area contributed by atoms with Crippen molar-refractivity contribution in [1.82, 2.24) is 10.2 Å². The van der Waals surface area contributed by atoms with E-state index in [0.717, 1.165) is 31.2 Å². The number of aliphatic hydroxyl groups is 1. The van der Waals surface area contributed by atoms with Crippen LogP contribution in [0.25, 0.3) is 0 Å². The van der Waals surface area contributed by atoms with E-state index in [0.29, 0.717) is 18.4 Å². The number of amides is 2. The molecule has 1 aromatic carbocycles. The van der Waals surface area contributed by atoms with Crippen molar-refractivity contribution in [3.05, 3.63) is 35.6 Å². The van der Waals surface area contributed by atoms with Gasteiger partial charge in [-0.25, -0.2) is 9.18 Å². The van der Waals surface area contributed by atoms with E-state index >= 15 is 0 Å². The molecule has 4 nitrogen and oxygen atoms in total. The van der Waals surface area contributed by atoms with Crippen LogP contribution in [0, 0.1) is 17.7 Å². The van der Waals surface area contributed by atoms with Crippen molar-refractivity contribution < 1.29 is 14.3 Å². The van der Waals surface area contributed by atoms with Crippen LogP contribution in [0.2, 0.25) is 0 Å². The molecule has 0 radical (unpaired) electrons. The van der Waals surface area contributed by atoms with E-state index in [1.165, 1.54) is 18.6 Å². The number of rotatable bonds is 6. The number of carbonyl (C=O) groups excluding carboxylic acids is 1. The molecule has 2 saturated carbocycles. The first-order valence-electron chi connectivity index (χ1n) is 8.49. The molecule has 0 heterocycles. The van der Waals surface area contributed by atoms with Gasteiger partial charge in [0.1, 0.15) is 5.82 Å². The van der Waals surface area contributed by atoms with Crippen LogP contribution in [0.15, 0.2) is 24.3 Å². The minimum absolute atomic E-state index is 0.0858. The topological polar surface area (TPSA) is 52.6 Å². The molecule has 0 aliphatic heterocycles. The third-order valence-corrected chi connectivity index (χ3v) is 5.10. The van der Waals surface area contributed by atoms with E-state index in [1.54, 1.807) is 24.1 Å². The minimum Gasteiger partial charge on any atom is -0.391 e. The molecule has 0 bridgehead atoms. The summed E-state index contributed by atoms with van der Waals surface area (Å²) in [6, 6.07) is 6.11. The number of halogens is 1. The average Bonchev–Trinajstić information content (AvgIpc) is 3.30. The number of carbonyl (C=O) groups is 1. The Balaban J connectivity index is 1.62. The van der Waals surface area contributed by atoms with Crippen LogP contribution < -0.4 is 5.32 Å². The Bertz CT molecular complexity index is 540. The number of urea groups is 1. The van der Waals surface area contributed by atoms with E-state index < -0.39 is 6.10 Å². The lowest BCUT2D eigenvalue weighted by Crippen LogP contribution is -2.45. The van der Waals surface area contributed by atoms with Gasteiger partial charge in [0.25, 0.3) is 0 Å². The second-order valence-corrected chi connectivity index (χ2v) is 6.95. The predicted molar refractivity (Wildman–Crippen MR) is 86.4 cm³/mol. The Morgan fingerprint density at radius 3 is 2.43 bits per heavy atom. The standard InChI is InChI=1S/C18H25FN2O2/c1-21(11-16(22)12-5-6-12)18(23)20-17(13-3-2-4-13)14-7-9-15(19)10-8-14/h7-10,12-13,16-17,22H,2-6,11H2,1H3,(H,20,23). The number of aliphatic hydroxyl groups excluding tert-OH is 1. The Morgan fingerprint density at radius 1 is 1.26 bits per heavy atom. The lowest BCUT2D eigenvalue weighted by atomic mass is 9.77. The van der Waals surface area contributed by atoms with Gasteiger partial charge in [-0.1, -0.05) is 18.6 Å². The summed E-state index contributed by atoms with van der Waals surface area (Å²) < 4.78 is 13.1. The zero-order valence-corrected chi connectivity index (χ0v) is 13.5. The van der Waals surface area contributed by atoms with Crippen molar-refractivity contribution in [2.75, 3.05) is 13.6 Å². The average molecular weight is 320 g/mol. The third-order valence-electron chi connectivity index (χ3n) is 5.10. The fourth-order valence-corrected chi connectivity index (χ4v) is 3.15. The highest BCUT2D eigenvalue weighted by molar-refractivity contribution is 5.74. The van der Waals surface area contributed by atoms with Crippen molar-refractivity contribution in [2.45, 2.75) is 44.2 Å². The van der Waals surface area contributed by atoms with Crippen LogP contribution >= 0.6 is 0 Å². The van der Waals surface area contributed by atoms with Crippen LogP contribution in [0.5, 0.6) is 0 Å². The maximum absolute atomic E-state index is 13.1. The smallest absolute Gasteiger partial charge is 0.317 e. The summed E-state index contributed by atoms with van der Waals surface area (Å²) in [5.74, 6) is 0.494. The van der Waals surface area contributed by atoms with Crippen LogP contribution in [-0.2, 0) is 0 Å². The van der Waals surface area contributed by atoms with Crippen LogP contribution in [0.3, 0.4) is 0 Å². The molecule has 3 rings (SSSR count). The number of hydrogen-bond acceptors (Lipinski definition) is 2. The molecule has 2 amide bonds. The first kappa shape index (κ1) is 16.2. The molecule has 0 saturated heterocycles. The molecule has 0 spiro atoms. The summed E-state index contributed by atoms with van der Waals surface area (Å²) in [5, 5.41) is 13.1. The summed E-state index contributed by atoms with van der Waals surface area (Å²) in [5.41, 5.74) is 0.945. The molecule has 5 heteroatoms. The third kappa shape index (κ3) is 4.02. The Morgan fingerprint density at radius 2 is 1.91 bits per heavy atom. The molecule has 0 aromatic heterocycles. The quantitative estimate of drug-likeness (QED) is 0.846. The fourth-order valence-electron chi connectivity index (χ4n) is 3.15. The first-order chi connectivity index (χ1) is 11.0. The summed E-state index contributed by atoms with van der Waals surface area (Å²) in [7, 11) is 1.71. The summed E-state index contributed by atoms with van der Waals surface area (Å²) >= 11 is 0. The van der Waals surface area contributed by atoms with Gasteiger partial charge >= 0.3 is 6.03 Å². The fraction of sp³-hybridized carbons (Fsp3) is 0.611. The zero-order valence-electron chi connectivity index (χ0n) is 13.5. The predicted octanol–water partition coefficient (Wildman–Crippen LogP) is 3.08. The second kappa shape index (κ2) is 6.87. The van der Waals surface area contributed by atoms with Crippen molar-refractivity contribution in [3.63, 3.8) is 0 Å². The molecule has 2 aliphatic carbocycles. The maximum Gasteiger partial charge on any atom is 0.317 e. The lowest BCUT2D eigenvalue weighted by Gasteiger charge is -2.36. The molecule has 2 aliphatic rings. The van der Waals surface area contributed by atoms with Crippen LogP contribution in [0.4, 0.5) is 9.18 Å². The number of benzene rings is 1. The monoisotopic (exact) mass is 320 g/mol. The van der Waals surface area contributed by atoms with Crippen molar-refractivity contribution in [3.8, 4) is 0 Å². The van der Waals surface area contributed by atoms with Gasteiger partial charge in [-0.15, -0.1) is 0 Å². The number of nitrogens with zero attached hydrogens (tertiary/aromatic N) is 1. The van der Waals surface area contributed by atoms with Gasteiger partial charge < -0.3 is 15.3 Å². The van der Waals surface area contributed by atoms with Gasteiger partial charge in [0.2, 0.25) is 0 Å². The van der Waals surface area contributed by atoms with Gasteiger partial charge in [0, 0.05) is 13.6 Å². The van der Waals surface area contributed by atoms with Crippen molar-refractivity contribution >= 4 is 6.03 Å². The molecule has 1 aromatic rings. The molecule has 126 valence electrons. The summed E-state index contributed by atoms with van der Waals surface area (Å²) in [4.78, 5) is 14.0. The Kier molecular flexibility index (Phi) is 4.85. The maximum atomic E-state index is 13.1. The van der Waals surface area contributed by atoms with E-state index in [1.807, 2.05) is 0 Å². The van der Waals surface area contributed by atoms with Gasteiger partial charge in [-0.2, -0.15) is 0 Å². The Hall–Kier alpha value is -1.62. The van der Waals surface area contributed by atoms with Crippen LogP contribution in [-0.4, -0.2) is 35.7 Å². The van der Waals surface area contributed by atoms with E-state index in [4.69, 9.17) is 0 Å². The van der Waals surface area contributed by atoms with Gasteiger partial charge in [-0.05, 0) is 55.2 Å². The first-order valence-corrected chi connectivity index (χ1v) is 8.49. The number of nitrogens with one attached hydrogen (secondary N) is 1. The Labute approximate surface area is 136 Å². The highest BCUT2D eigenvalue weighted by Gasteiger charge is 2.33. The largest absolute Gasteiger partial charge is 0.391 e. The molecule has 2 N–H and O–H groups in total. The minimum atomic E-state index is -0.432. The van der Waals surface area contributed by atoms with Gasteiger partial charge in [0.05, 0.1) is 12.1 Å². The lowest BCUT2D eigenvalue weighted by molar-refractivity contribution is 0.110. The second-order valence-electron chi connectivity index (χ2n) is 6.95. The number of likely N-dealkylation sites (N-methyl/N-ethyl adjacent to an activating group) is 1. The van der Waals surface area contributed by atoms with E-state index in [-0.39, 0.29) is 17.9 Å². The SMILES string of the molecule is CN(CC(O)C1CC1)C(=O)NC(c1ccc(F)cc1)C1CCC1. The molecular weight excluding hydrogens is 295 g/mol. The van der Waals surface area contributed by atoms with E-state index in [2.05, 4.69) is 5.32 Å². The molecule has 23 heavy (non-hydrogen) atoms. The van der Waals surface area contributed by atoms with Crippen molar-refractivity contribution in [1.29, 1.82) is 0 Å². The molecule has 2 fully saturated rings. The molecule has 2 unspecified atom stereocenters. The van der Waals surface area contributed by atoms with Crippen molar-refractivity contribution in [2.24, 2.45) is 11.8 Å². The summed E-state index contributed by atoms with van der Waals surface area (Å²) in [6.45, 7) is 0.358. The van der Waals surface area contributed by atoms with Gasteiger partial charge in [0.15, 0.2) is 0 Å². The van der Waals surface area contributed by atoms with Crippen LogP contribution in [0.1, 0.15) is 43.7 Å². The zero-order chi connectivity index (χ0) is 16.4. The normalized spacial score (nSPS) is 20.5. The highest BCUT2D eigenvalue weighted by Crippen LogP contribution is 2.38. The van der Waals surface area contributed by atoms with Gasteiger partial charge in [-0.3, -0.25) is 0 Å². The summed E-state index contributed by atoms with van der Waals surface area (Å²) in [6.07, 6.45) is 5.01. The van der Waals surface area contributed by atoms with E-state index in [9.17, 15) is 14.3 Å². The molecular formula is C18H25FN2O2. The molecule has 2 atom stereocenters.